The number of carbonyl (C=O) groups excluding carboxylic acids is 1. The first-order valence-corrected chi connectivity index (χ1v) is 7.27. The highest BCUT2D eigenvalue weighted by molar-refractivity contribution is 5.94. The van der Waals surface area contributed by atoms with E-state index in [-0.39, 0.29) is 36.8 Å². The van der Waals surface area contributed by atoms with E-state index in [0.717, 1.165) is 11.3 Å². The van der Waals surface area contributed by atoms with Crippen molar-refractivity contribution < 1.29 is 13.9 Å². The average Bonchev–Trinajstić information content (AvgIpc) is 3.01. The summed E-state index contributed by atoms with van der Waals surface area (Å²) in [6.45, 7) is 4.41. The molecule has 1 heterocycles. The van der Waals surface area contributed by atoms with Crippen LogP contribution < -0.4 is 15.8 Å². The van der Waals surface area contributed by atoms with Crippen molar-refractivity contribution in [3.63, 3.8) is 0 Å². The van der Waals surface area contributed by atoms with Crippen molar-refractivity contribution in [3.8, 4) is 5.75 Å². The summed E-state index contributed by atoms with van der Waals surface area (Å²) >= 11 is 0. The summed E-state index contributed by atoms with van der Waals surface area (Å²) in [6, 6.07) is 9.28. The first-order valence-electron chi connectivity index (χ1n) is 7.27. The zero-order valence-electron chi connectivity index (χ0n) is 13.5. The van der Waals surface area contributed by atoms with E-state index in [9.17, 15) is 4.79 Å². The molecule has 5 nitrogen and oxygen atoms in total. The van der Waals surface area contributed by atoms with E-state index in [2.05, 4.69) is 19.2 Å². The zero-order chi connectivity index (χ0) is 16.1. The molecule has 2 aromatic rings. The molecule has 0 radical (unpaired) electrons. The molecule has 6 heteroatoms. The Morgan fingerprint density at radius 2 is 1.96 bits per heavy atom. The van der Waals surface area contributed by atoms with Crippen molar-refractivity contribution in [2.45, 2.75) is 26.4 Å². The van der Waals surface area contributed by atoms with Gasteiger partial charge in [-0.2, -0.15) is 0 Å². The summed E-state index contributed by atoms with van der Waals surface area (Å²) in [4.78, 5) is 12.3. The van der Waals surface area contributed by atoms with E-state index in [1.165, 1.54) is 6.26 Å². The topological polar surface area (TPSA) is 77.5 Å². The van der Waals surface area contributed by atoms with Gasteiger partial charge in [-0.25, -0.2) is 0 Å². The molecule has 1 aromatic heterocycles. The maximum atomic E-state index is 12.3. The minimum Gasteiger partial charge on any atom is -0.497 e. The van der Waals surface area contributed by atoms with E-state index in [1.54, 1.807) is 13.2 Å². The maximum absolute atomic E-state index is 12.3. The van der Waals surface area contributed by atoms with Crippen LogP contribution in [0, 0.1) is 5.92 Å². The molecule has 0 spiro atoms. The first-order chi connectivity index (χ1) is 10.5. The fraction of sp³-hybridized carbons (Fsp3) is 0.353. The van der Waals surface area contributed by atoms with Crippen molar-refractivity contribution in [1.82, 2.24) is 5.32 Å². The minimum absolute atomic E-state index is 0. The molecule has 0 saturated carbocycles. The third-order valence-electron chi connectivity index (χ3n) is 3.55. The Morgan fingerprint density at radius 1 is 1.30 bits per heavy atom. The van der Waals surface area contributed by atoms with E-state index in [1.807, 2.05) is 24.3 Å². The van der Waals surface area contributed by atoms with Crippen LogP contribution in [0.3, 0.4) is 0 Å². The van der Waals surface area contributed by atoms with Gasteiger partial charge in [0.25, 0.3) is 5.91 Å². The highest BCUT2D eigenvalue weighted by atomic mass is 35.5. The van der Waals surface area contributed by atoms with Gasteiger partial charge in [-0.15, -0.1) is 12.4 Å². The summed E-state index contributed by atoms with van der Waals surface area (Å²) in [5.74, 6) is 1.46. The number of halogens is 1. The van der Waals surface area contributed by atoms with Crippen molar-refractivity contribution in [2.75, 3.05) is 7.11 Å². The number of methoxy groups -OCH3 is 1. The second-order valence-corrected chi connectivity index (χ2v) is 5.47. The van der Waals surface area contributed by atoms with Crippen LogP contribution >= 0.6 is 12.4 Å². The molecule has 23 heavy (non-hydrogen) atoms. The molecule has 1 amide bonds. The monoisotopic (exact) mass is 338 g/mol. The molecule has 0 aliphatic rings. The van der Waals surface area contributed by atoms with Gasteiger partial charge in [0.15, 0.2) is 0 Å². The minimum atomic E-state index is -0.169. The lowest BCUT2D eigenvalue weighted by Crippen LogP contribution is -2.31. The fourth-order valence-electron chi connectivity index (χ4n) is 2.28. The Kier molecular flexibility index (Phi) is 7.13. The number of furan rings is 1. The fourth-order valence-corrected chi connectivity index (χ4v) is 2.28. The number of benzene rings is 1. The van der Waals surface area contributed by atoms with Crippen LogP contribution in [0.4, 0.5) is 0 Å². The Morgan fingerprint density at radius 3 is 2.43 bits per heavy atom. The molecule has 0 saturated heterocycles. The van der Waals surface area contributed by atoms with Crippen molar-refractivity contribution >= 4 is 18.3 Å². The van der Waals surface area contributed by atoms with Gasteiger partial charge in [-0.1, -0.05) is 26.0 Å². The predicted octanol–water partition coefficient (Wildman–Crippen LogP) is 3.30. The van der Waals surface area contributed by atoms with Crippen LogP contribution in [0.1, 0.15) is 41.6 Å². The zero-order valence-corrected chi connectivity index (χ0v) is 14.4. The molecule has 1 unspecified atom stereocenters. The molecule has 0 fully saturated rings. The van der Waals surface area contributed by atoms with E-state index in [4.69, 9.17) is 14.9 Å². The Balaban J connectivity index is 0.00000264. The second-order valence-electron chi connectivity index (χ2n) is 5.47. The average molecular weight is 339 g/mol. The maximum Gasteiger partial charge on any atom is 0.255 e. The van der Waals surface area contributed by atoms with Gasteiger partial charge < -0.3 is 20.2 Å². The summed E-state index contributed by atoms with van der Waals surface area (Å²) in [6.07, 6.45) is 1.43. The summed E-state index contributed by atoms with van der Waals surface area (Å²) in [5, 5.41) is 3.04. The smallest absolute Gasteiger partial charge is 0.255 e. The Labute approximate surface area is 142 Å². The lowest BCUT2D eigenvalue weighted by atomic mass is 9.95. The van der Waals surface area contributed by atoms with Gasteiger partial charge in [0, 0.05) is 0 Å². The van der Waals surface area contributed by atoms with E-state index < -0.39 is 0 Å². The second kappa shape index (κ2) is 8.60. The molecule has 2 rings (SSSR count). The number of nitrogens with two attached hydrogens (primary N) is 1. The molecule has 126 valence electrons. The van der Waals surface area contributed by atoms with Crippen molar-refractivity contribution in [1.29, 1.82) is 0 Å². The quantitative estimate of drug-likeness (QED) is 0.847. The van der Waals surface area contributed by atoms with Crippen molar-refractivity contribution in [3.05, 3.63) is 53.5 Å². The molecule has 0 bridgehead atoms. The summed E-state index contributed by atoms with van der Waals surface area (Å²) in [7, 11) is 1.63. The normalized spacial score (nSPS) is 11.7. The highest BCUT2D eigenvalue weighted by Crippen LogP contribution is 2.24. The lowest BCUT2D eigenvalue weighted by Gasteiger charge is -2.22. The molecule has 3 N–H and O–H groups in total. The van der Waals surface area contributed by atoms with Crippen molar-refractivity contribution in [2.24, 2.45) is 11.7 Å². The Bertz CT molecular complexity index is 623. The molecular weight excluding hydrogens is 316 g/mol. The SMILES string of the molecule is COc1ccc(C(NC(=O)c2coc(CN)c2)C(C)C)cc1.Cl. The van der Waals surface area contributed by atoms with E-state index >= 15 is 0 Å². The van der Waals surface area contributed by atoms with Gasteiger partial charge in [0.1, 0.15) is 17.8 Å². The van der Waals surface area contributed by atoms with Crippen LogP contribution in [-0.2, 0) is 6.54 Å². The third kappa shape index (κ3) is 4.74. The highest BCUT2D eigenvalue weighted by Gasteiger charge is 2.20. The number of hydrogen-bond acceptors (Lipinski definition) is 4. The summed E-state index contributed by atoms with van der Waals surface area (Å²) < 4.78 is 10.4. The number of carbonyl (C=O) groups is 1. The van der Waals surface area contributed by atoms with Gasteiger partial charge >= 0.3 is 0 Å². The summed E-state index contributed by atoms with van der Waals surface area (Å²) in [5.41, 5.74) is 7.01. The van der Waals surface area contributed by atoms with Gasteiger partial charge in [0.2, 0.25) is 0 Å². The standard InChI is InChI=1S/C17H22N2O3.ClH/c1-11(2)16(12-4-6-14(21-3)7-5-12)19-17(20)13-8-15(9-18)22-10-13;/h4-8,10-11,16H,9,18H2,1-3H3,(H,19,20);1H. The molecule has 0 aliphatic carbocycles. The Hall–Kier alpha value is -1.98. The predicted molar refractivity (Wildman–Crippen MR) is 91.9 cm³/mol. The first kappa shape index (κ1) is 19.1. The van der Waals surface area contributed by atoms with Crippen LogP contribution in [0.25, 0.3) is 0 Å². The molecule has 1 atom stereocenters. The van der Waals surface area contributed by atoms with Gasteiger partial charge in [0.05, 0.1) is 25.3 Å². The largest absolute Gasteiger partial charge is 0.497 e. The number of amides is 1. The number of nitrogens with one attached hydrogen (secondary N) is 1. The van der Waals surface area contributed by atoms with Crippen LogP contribution in [0.5, 0.6) is 5.75 Å². The third-order valence-corrected chi connectivity index (χ3v) is 3.55. The number of hydrogen-bond donors (Lipinski definition) is 2. The molecular formula is C17H23ClN2O3. The van der Waals surface area contributed by atoms with Gasteiger partial charge in [-0.3, -0.25) is 4.79 Å². The number of ether oxygens (including phenoxy) is 1. The van der Waals surface area contributed by atoms with Crippen LogP contribution in [0.15, 0.2) is 41.0 Å². The van der Waals surface area contributed by atoms with E-state index in [0.29, 0.717) is 11.3 Å². The molecule has 0 aliphatic heterocycles. The lowest BCUT2D eigenvalue weighted by molar-refractivity contribution is 0.0925. The van der Waals surface area contributed by atoms with Crippen LogP contribution in [-0.4, -0.2) is 13.0 Å². The van der Waals surface area contributed by atoms with Crippen LogP contribution in [0.2, 0.25) is 0 Å². The molecule has 1 aromatic carbocycles. The number of rotatable bonds is 6. The van der Waals surface area contributed by atoms with Gasteiger partial charge in [-0.05, 0) is 29.7 Å².